The zero-order valence-electron chi connectivity index (χ0n) is 26.2. The number of fused-ring (bicyclic) bond motifs is 1. The second-order valence-corrected chi connectivity index (χ2v) is 12.7. The van der Waals surface area contributed by atoms with Crippen LogP contribution in [0.5, 0.6) is 0 Å². The van der Waals surface area contributed by atoms with Gasteiger partial charge in [0, 0.05) is 0 Å². The summed E-state index contributed by atoms with van der Waals surface area (Å²) in [6.07, 6.45) is -1.92. The Kier molecular flexibility index (Phi) is 11.3. The third-order valence-corrected chi connectivity index (χ3v) is 9.11. The molecule has 6 atom stereocenters. The third-order valence-electron chi connectivity index (χ3n) is 7.15. The van der Waals surface area contributed by atoms with Crippen LogP contribution >= 0.6 is 7.67 Å². The van der Waals surface area contributed by atoms with Gasteiger partial charge in [0.15, 0.2) is 17.5 Å². The minimum Gasteiger partial charge on any atom is -0.465 e. The van der Waals surface area contributed by atoms with Crippen molar-refractivity contribution >= 4 is 36.9 Å². The summed E-state index contributed by atoms with van der Waals surface area (Å²) in [6.45, 7) is 9.90. The van der Waals surface area contributed by atoms with Gasteiger partial charge in [-0.15, -0.1) is 0 Å². The molecular weight excluding hydrogens is 613 g/mol. The second-order valence-electron chi connectivity index (χ2n) is 10.8. The lowest BCUT2D eigenvalue weighted by Crippen LogP contribution is -2.54. The van der Waals surface area contributed by atoms with Gasteiger partial charge in [0.2, 0.25) is 5.60 Å². The standard InChI is InChI=1S/C27H40N7O10P/c1-8-40-24(36)16(5)32-45(39,33-17(6)25(37)41-9-2)42-12-19-21(43-23(35)15(3)4)27(38,13-28)26(7,44-19)20-11-10-18-22(29)30-14-31-34(18)20/h10-11,14-17,19,21,38H,8-9,12H2,1-7H3,(H2,29,30,31)(H2,32,33,39)/t16-,17-,19+,21+,26-,27+/m0/s1. The van der Waals surface area contributed by atoms with Crippen LogP contribution in [-0.2, 0) is 48.0 Å². The van der Waals surface area contributed by atoms with E-state index in [0.29, 0.717) is 5.52 Å². The molecule has 0 aliphatic carbocycles. The molecule has 248 valence electrons. The zero-order valence-corrected chi connectivity index (χ0v) is 27.1. The topological polar surface area (TPSA) is 239 Å². The zero-order chi connectivity index (χ0) is 33.7. The van der Waals surface area contributed by atoms with Gasteiger partial charge in [-0.2, -0.15) is 10.4 Å². The molecular formula is C27H40N7O10P. The number of carbonyl (C=O) groups excluding carboxylic acids is 3. The number of nitrogens with two attached hydrogens (primary N) is 1. The van der Waals surface area contributed by atoms with E-state index in [1.54, 1.807) is 33.8 Å². The fraction of sp³-hybridized carbons (Fsp3) is 0.630. The molecule has 0 spiro atoms. The Labute approximate surface area is 260 Å². The lowest BCUT2D eigenvalue weighted by Gasteiger charge is -2.34. The van der Waals surface area contributed by atoms with Gasteiger partial charge in [0.25, 0.3) is 0 Å². The summed E-state index contributed by atoms with van der Waals surface area (Å²) in [5.41, 5.74) is 2.03. The fourth-order valence-corrected chi connectivity index (χ4v) is 6.53. The highest BCUT2D eigenvalue weighted by Gasteiger charge is 2.68. The van der Waals surface area contributed by atoms with E-state index in [2.05, 4.69) is 20.3 Å². The molecule has 0 unspecified atom stereocenters. The molecule has 0 radical (unpaired) electrons. The molecule has 1 aliphatic rings. The van der Waals surface area contributed by atoms with Crippen LogP contribution in [0, 0.1) is 17.2 Å². The number of aliphatic hydroxyl groups is 1. The quantitative estimate of drug-likeness (QED) is 0.0960. The van der Waals surface area contributed by atoms with Crippen molar-refractivity contribution in [2.75, 3.05) is 25.6 Å². The van der Waals surface area contributed by atoms with Gasteiger partial charge in [0.05, 0.1) is 31.4 Å². The Morgan fingerprint density at radius 2 is 1.71 bits per heavy atom. The lowest BCUT2D eigenvalue weighted by atomic mass is 9.80. The summed E-state index contributed by atoms with van der Waals surface area (Å²) in [6, 6.07) is 2.57. The SMILES string of the molecule is CCOC(=O)[C@H](C)NP(=O)(N[C@@H](C)C(=O)OCC)OC[C@H]1O[C@@](C)(c2ccc3c(N)ncnn23)[C@@](O)(C#N)[C@@H]1OC(=O)C(C)C. The van der Waals surface area contributed by atoms with Crippen molar-refractivity contribution in [3.8, 4) is 6.07 Å². The number of nitriles is 1. The molecule has 18 heteroatoms. The van der Waals surface area contributed by atoms with E-state index in [4.69, 9.17) is 29.2 Å². The number of rotatable bonds is 14. The molecule has 0 aromatic carbocycles. The average Bonchev–Trinajstić information content (AvgIpc) is 3.51. The summed E-state index contributed by atoms with van der Waals surface area (Å²) in [5, 5.41) is 31.5. The van der Waals surface area contributed by atoms with Crippen molar-refractivity contribution in [2.24, 2.45) is 5.92 Å². The molecule has 2 aromatic heterocycles. The molecule has 17 nitrogen and oxygen atoms in total. The van der Waals surface area contributed by atoms with Gasteiger partial charge < -0.3 is 34.3 Å². The fourth-order valence-electron chi connectivity index (χ4n) is 4.72. The largest absolute Gasteiger partial charge is 0.465 e. The van der Waals surface area contributed by atoms with Crippen LogP contribution in [0.2, 0.25) is 0 Å². The third kappa shape index (κ3) is 7.27. The molecule has 0 amide bonds. The predicted molar refractivity (Wildman–Crippen MR) is 157 cm³/mol. The first-order valence-electron chi connectivity index (χ1n) is 14.3. The molecule has 45 heavy (non-hydrogen) atoms. The van der Waals surface area contributed by atoms with Gasteiger partial charge in [0.1, 0.15) is 36.1 Å². The highest BCUT2D eigenvalue weighted by molar-refractivity contribution is 7.54. The van der Waals surface area contributed by atoms with E-state index in [1.165, 1.54) is 37.7 Å². The van der Waals surface area contributed by atoms with Gasteiger partial charge in [-0.25, -0.2) is 19.7 Å². The van der Waals surface area contributed by atoms with Crippen LogP contribution in [0.4, 0.5) is 5.82 Å². The van der Waals surface area contributed by atoms with E-state index < -0.39 is 73.6 Å². The second kappa shape index (κ2) is 14.2. The number of carbonyl (C=O) groups is 3. The van der Waals surface area contributed by atoms with Gasteiger partial charge in [-0.1, -0.05) is 13.8 Å². The van der Waals surface area contributed by atoms with Crippen molar-refractivity contribution < 1.29 is 47.5 Å². The first kappa shape index (κ1) is 35.8. The van der Waals surface area contributed by atoms with Crippen LogP contribution in [-0.4, -0.2) is 87.3 Å². The first-order chi connectivity index (χ1) is 21.1. The Bertz CT molecular complexity index is 1470. The minimum atomic E-state index is -4.35. The molecule has 3 rings (SSSR count). The van der Waals surface area contributed by atoms with E-state index in [-0.39, 0.29) is 24.7 Å². The number of nitrogen functional groups attached to an aromatic ring is 1. The number of hydrogen-bond acceptors (Lipinski definition) is 14. The minimum absolute atomic E-state index is 0.0534. The number of esters is 3. The van der Waals surface area contributed by atoms with Crippen molar-refractivity contribution in [3.63, 3.8) is 0 Å². The average molecular weight is 654 g/mol. The number of aromatic nitrogens is 3. The highest BCUT2D eigenvalue weighted by Crippen LogP contribution is 2.50. The summed E-state index contributed by atoms with van der Waals surface area (Å²) >= 11 is 0. The van der Waals surface area contributed by atoms with Crippen LogP contribution in [0.15, 0.2) is 18.5 Å². The van der Waals surface area contributed by atoms with Crippen LogP contribution in [0.1, 0.15) is 54.2 Å². The maximum atomic E-state index is 14.1. The normalized spacial score (nSPS) is 24.6. The maximum Gasteiger partial charge on any atom is 0.342 e. The van der Waals surface area contributed by atoms with E-state index in [0.717, 1.165) is 0 Å². The molecule has 0 saturated carbocycles. The summed E-state index contributed by atoms with van der Waals surface area (Å²) in [7, 11) is -4.35. The maximum absolute atomic E-state index is 14.1. The number of nitrogens with one attached hydrogen (secondary N) is 2. The molecule has 3 heterocycles. The van der Waals surface area contributed by atoms with Crippen molar-refractivity contribution in [2.45, 2.75) is 84.0 Å². The highest BCUT2D eigenvalue weighted by atomic mass is 31.2. The molecule has 0 bridgehead atoms. The molecule has 1 saturated heterocycles. The summed E-state index contributed by atoms with van der Waals surface area (Å²) in [5.74, 6) is -2.80. The lowest BCUT2D eigenvalue weighted by molar-refractivity contribution is -0.165. The van der Waals surface area contributed by atoms with Crippen LogP contribution in [0.3, 0.4) is 0 Å². The molecule has 2 aromatic rings. The van der Waals surface area contributed by atoms with E-state index >= 15 is 0 Å². The van der Waals surface area contributed by atoms with Crippen LogP contribution < -0.4 is 15.9 Å². The Balaban J connectivity index is 2.04. The Hall–Kier alpha value is -3.65. The smallest absolute Gasteiger partial charge is 0.342 e. The van der Waals surface area contributed by atoms with Gasteiger partial charge in [-0.05, 0) is 46.8 Å². The molecule has 1 fully saturated rings. The molecule has 5 N–H and O–H groups in total. The molecule has 1 aliphatic heterocycles. The number of ether oxygens (including phenoxy) is 4. The Morgan fingerprint density at radius 3 is 2.22 bits per heavy atom. The van der Waals surface area contributed by atoms with Crippen molar-refractivity contribution in [3.05, 3.63) is 24.2 Å². The first-order valence-corrected chi connectivity index (χ1v) is 15.9. The summed E-state index contributed by atoms with van der Waals surface area (Å²) < 4.78 is 43.0. The van der Waals surface area contributed by atoms with Gasteiger partial charge >= 0.3 is 25.6 Å². The monoisotopic (exact) mass is 653 g/mol. The number of anilines is 1. The van der Waals surface area contributed by atoms with Crippen molar-refractivity contribution in [1.82, 2.24) is 24.8 Å². The number of hydrogen-bond donors (Lipinski definition) is 4. The predicted octanol–water partition coefficient (Wildman–Crippen LogP) is 0.955. The van der Waals surface area contributed by atoms with Gasteiger partial charge in [-0.3, -0.25) is 18.9 Å². The summed E-state index contributed by atoms with van der Waals surface area (Å²) in [4.78, 5) is 41.5. The van der Waals surface area contributed by atoms with Crippen LogP contribution in [0.25, 0.3) is 5.52 Å². The van der Waals surface area contributed by atoms with Crippen molar-refractivity contribution in [1.29, 1.82) is 5.26 Å². The van der Waals surface area contributed by atoms with E-state index in [9.17, 15) is 29.3 Å². The number of nitrogens with zero attached hydrogens (tertiary/aromatic N) is 4. The Morgan fingerprint density at radius 1 is 1.13 bits per heavy atom. The van der Waals surface area contributed by atoms with E-state index in [1.807, 2.05) is 6.07 Å².